The van der Waals surface area contributed by atoms with E-state index in [1.54, 1.807) is 0 Å². The van der Waals surface area contributed by atoms with E-state index < -0.39 is 0 Å². The predicted molar refractivity (Wildman–Crippen MR) is 119 cm³/mol. The molecule has 1 aromatic heterocycles. The summed E-state index contributed by atoms with van der Waals surface area (Å²) >= 11 is 0. The Morgan fingerprint density at radius 3 is 2.21 bits per heavy atom. The third-order valence-corrected chi connectivity index (χ3v) is 4.49. The molecule has 0 aliphatic heterocycles. The van der Waals surface area contributed by atoms with Gasteiger partial charge in [0.05, 0.1) is 4.92 Å². The Morgan fingerprint density at radius 2 is 1.69 bits per heavy atom. The van der Waals surface area contributed by atoms with Crippen molar-refractivity contribution in [3.05, 3.63) is 46.3 Å². The molecule has 1 N–H and O–H groups in total. The largest absolute Gasteiger partial charge is 0.353 e. The van der Waals surface area contributed by atoms with Crippen molar-refractivity contribution in [2.24, 2.45) is 11.8 Å². The van der Waals surface area contributed by atoms with E-state index in [-0.39, 0.29) is 16.4 Å². The smallest absolute Gasteiger partial charge is 0.350 e. The summed E-state index contributed by atoms with van der Waals surface area (Å²) in [5.41, 5.74) is 1.96. The highest BCUT2D eigenvalue weighted by Gasteiger charge is 2.28. The van der Waals surface area contributed by atoms with Crippen LogP contribution < -0.4 is 10.2 Å². The van der Waals surface area contributed by atoms with E-state index >= 15 is 0 Å². The van der Waals surface area contributed by atoms with Gasteiger partial charge < -0.3 is 10.2 Å². The summed E-state index contributed by atoms with van der Waals surface area (Å²) in [6.45, 7) is 11.9. The van der Waals surface area contributed by atoms with Gasteiger partial charge in [-0.3, -0.25) is 10.1 Å². The average Bonchev–Trinajstić information content (AvgIpc) is 2.66. The van der Waals surface area contributed by atoms with Gasteiger partial charge in [-0.2, -0.15) is 0 Å². The number of benzene rings is 1. The van der Waals surface area contributed by atoms with E-state index in [1.165, 1.54) is 11.9 Å². The number of nitrogens with one attached hydrogen (secondary N) is 1. The number of nitrogens with zero attached hydrogens (tertiary/aromatic N) is 4. The van der Waals surface area contributed by atoms with Gasteiger partial charge in [0.25, 0.3) is 0 Å². The van der Waals surface area contributed by atoms with Gasteiger partial charge in [-0.25, -0.2) is 9.97 Å². The maximum absolute atomic E-state index is 11.9. The molecule has 0 fully saturated rings. The van der Waals surface area contributed by atoms with Crippen LogP contribution in [-0.2, 0) is 6.42 Å². The van der Waals surface area contributed by atoms with Crippen LogP contribution in [0.25, 0.3) is 0 Å². The molecule has 2 rings (SSSR count). The van der Waals surface area contributed by atoms with Crippen LogP contribution in [0.4, 0.5) is 23.0 Å². The fourth-order valence-electron chi connectivity index (χ4n) is 3.26. The second kappa shape index (κ2) is 10.7. The van der Waals surface area contributed by atoms with Crippen LogP contribution in [-0.4, -0.2) is 28.0 Å². The van der Waals surface area contributed by atoms with Gasteiger partial charge in [0, 0.05) is 18.8 Å². The summed E-state index contributed by atoms with van der Waals surface area (Å²) in [6.07, 6.45) is 4.73. The Balaban J connectivity index is 2.35. The molecule has 0 amide bonds. The number of aromatic nitrogens is 2. The first-order chi connectivity index (χ1) is 13.8. The first-order valence-electron chi connectivity index (χ1n) is 10.4. The molecule has 2 aromatic rings. The number of hydrogen-bond donors (Lipinski definition) is 1. The average molecular weight is 400 g/mol. The van der Waals surface area contributed by atoms with Crippen LogP contribution in [0.1, 0.15) is 53.0 Å². The molecule has 1 heterocycles. The van der Waals surface area contributed by atoms with Crippen molar-refractivity contribution in [1.29, 1.82) is 0 Å². The van der Waals surface area contributed by atoms with Gasteiger partial charge in [-0.15, -0.1) is 0 Å². The zero-order valence-electron chi connectivity index (χ0n) is 18.2. The van der Waals surface area contributed by atoms with Crippen molar-refractivity contribution in [1.82, 2.24) is 9.97 Å². The van der Waals surface area contributed by atoms with E-state index in [1.807, 2.05) is 17.0 Å². The molecule has 0 aliphatic carbocycles. The maximum Gasteiger partial charge on any atom is 0.353 e. The van der Waals surface area contributed by atoms with Crippen molar-refractivity contribution in [3.8, 4) is 0 Å². The molecule has 0 saturated carbocycles. The molecule has 0 atom stereocenters. The van der Waals surface area contributed by atoms with Crippen LogP contribution in [0, 0.1) is 22.0 Å². The van der Waals surface area contributed by atoms with Crippen LogP contribution in [0.3, 0.4) is 0 Å². The molecule has 29 heavy (non-hydrogen) atoms. The summed E-state index contributed by atoms with van der Waals surface area (Å²) in [7, 11) is 0. The molecule has 0 bridgehead atoms. The standard InChI is InChI=1S/C22H33N5O2/c1-6-7-8-18-9-11-19(12-10-18)25-21-20(27(28)29)22(24-15-23-21)26(13-16(2)3)14-17(4)5/h9-12,15-17H,6-8,13-14H2,1-5H3,(H,23,24,25). The lowest BCUT2D eigenvalue weighted by molar-refractivity contribution is -0.383. The van der Waals surface area contributed by atoms with Gasteiger partial charge >= 0.3 is 5.69 Å². The summed E-state index contributed by atoms with van der Waals surface area (Å²) in [5.74, 6) is 1.30. The summed E-state index contributed by atoms with van der Waals surface area (Å²) in [4.78, 5) is 22.0. The minimum atomic E-state index is -0.388. The second-order valence-corrected chi connectivity index (χ2v) is 8.27. The van der Waals surface area contributed by atoms with Crippen LogP contribution >= 0.6 is 0 Å². The third kappa shape index (κ3) is 6.69. The number of hydrogen-bond acceptors (Lipinski definition) is 6. The van der Waals surface area contributed by atoms with E-state index in [4.69, 9.17) is 0 Å². The number of unbranched alkanes of at least 4 members (excludes halogenated alkanes) is 1. The Bertz CT molecular complexity index is 780. The molecule has 1 aromatic carbocycles. The molecule has 0 unspecified atom stereocenters. The summed E-state index contributed by atoms with van der Waals surface area (Å²) < 4.78 is 0. The van der Waals surface area contributed by atoms with Crippen molar-refractivity contribution in [2.45, 2.75) is 53.9 Å². The van der Waals surface area contributed by atoms with Crippen molar-refractivity contribution in [2.75, 3.05) is 23.3 Å². The topological polar surface area (TPSA) is 84.2 Å². The van der Waals surface area contributed by atoms with Crippen LogP contribution in [0.2, 0.25) is 0 Å². The SMILES string of the molecule is CCCCc1ccc(Nc2ncnc(N(CC(C)C)CC(C)C)c2[N+](=O)[O-])cc1. The first kappa shape index (κ1) is 22.6. The number of nitro groups is 1. The van der Waals surface area contributed by atoms with E-state index in [0.717, 1.165) is 24.9 Å². The zero-order valence-corrected chi connectivity index (χ0v) is 18.2. The van der Waals surface area contributed by atoms with Crippen LogP contribution in [0.5, 0.6) is 0 Å². The predicted octanol–water partition coefficient (Wildman–Crippen LogP) is 5.59. The molecule has 0 radical (unpaired) electrons. The lowest BCUT2D eigenvalue weighted by Crippen LogP contribution is -2.32. The number of rotatable bonds is 11. The number of aryl methyl sites for hydroxylation is 1. The minimum absolute atomic E-state index is 0.0798. The van der Waals surface area contributed by atoms with Gasteiger partial charge in [0.1, 0.15) is 6.33 Å². The third-order valence-electron chi connectivity index (χ3n) is 4.49. The van der Waals surface area contributed by atoms with Crippen LogP contribution in [0.15, 0.2) is 30.6 Å². The zero-order chi connectivity index (χ0) is 21.4. The molecule has 7 heteroatoms. The molecule has 0 aliphatic rings. The first-order valence-corrected chi connectivity index (χ1v) is 10.4. The molecule has 0 spiro atoms. The molecule has 0 saturated heterocycles. The normalized spacial score (nSPS) is 11.1. The summed E-state index contributed by atoms with van der Waals surface area (Å²) in [5, 5.41) is 15.1. The summed E-state index contributed by atoms with van der Waals surface area (Å²) in [6, 6.07) is 7.98. The fraction of sp³-hybridized carbons (Fsp3) is 0.545. The highest BCUT2D eigenvalue weighted by atomic mass is 16.6. The second-order valence-electron chi connectivity index (χ2n) is 8.27. The van der Waals surface area contributed by atoms with Crippen molar-refractivity contribution >= 4 is 23.0 Å². The monoisotopic (exact) mass is 399 g/mol. The van der Waals surface area contributed by atoms with E-state index in [0.29, 0.717) is 30.7 Å². The highest BCUT2D eigenvalue weighted by Crippen LogP contribution is 2.34. The number of anilines is 3. The quantitative estimate of drug-likeness (QED) is 0.392. The molecular weight excluding hydrogens is 366 g/mol. The Hall–Kier alpha value is -2.70. The molecular formula is C22H33N5O2. The minimum Gasteiger partial charge on any atom is -0.350 e. The Kier molecular flexibility index (Phi) is 8.36. The van der Waals surface area contributed by atoms with Gasteiger partial charge in [0.15, 0.2) is 0 Å². The maximum atomic E-state index is 11.9. The Labute approximate surface area is 173 Å². The van der Waals surface area contributed by atoms with Crippen molar-refractivity contribution in [3.63, 3.8) is 0 Å². The highest BCUT2D eigenvalue weighted by molar-refractivity contribution is 5.74. The van der Waals surface area contributed by atoms with Gasteiger partial charge in [-0.1, -0.05) is 53.2 Å². The van der Waals surface area contributed by atoms with Gasteiger partial charge in [0.2, 0.25) is 11.6 Å². The molecule has 7 nitrogen and oxygen atoms in total. The van der Waals surface area contributed by atoms with Gasteiger partial charge in [-0.05, 0) is 42.4 Å². The lowest BCUT2D eigenvalue weighted by Gasteiger charge is -2.27. The van der Waals surface area contributed by atoms with Crippen molar-refractivity contribution < 1.29 is 4.92 Å². The fourth-order valence-corrected chi connectivity index (χ4v) is 3.26. The lowest BCUT2D eigenvalue weighted by atomic mass is 10.1. The van der Waals surface area contributed by atoms with E-state index in [9.17, 15) is 10.1 Å². The Morgan fingerprint density at radius 1 is 1.07 bits per heavy atom. The van der Waals surface area contributed by atoms with E-state index in [2.05, 4.69) is 62.0 Å². The molecule has 158 valence electrons.